The van der Waals surface area contributed by atoms with Crippen molar-refractivity contribution in [2.75, 3.05) is 6.61 Å². The predicted molar refractivity (Wildman–Crippen MR) is 88.9 cm³/mol. The van der Waals surface area contributed by atoms with E-state index in [1.54, 1.807) is 0 Å². The summed E-state index contributed by atoms with van der Waals surface area (Å²) < 4.78 is 5.59. The maximum absolute atomic E-state index is 12.0. The van der Waals surface area contributed by atoms with Crippen LogP contribution in [0, 0.1) is 6.92 Å². The second-order valence-corrected chi connectivity index (χ2v) is 5.41. The highest BCUT2D eigenvalue weighted by Crippen LogP contribution is 2.16. The molecule has 0 radical (unpaired) electrons. The molecule has 0 aliphatic carbocycles. The molecule has 22 heavy (non-hydrogen) atoms. The minimum absolute atomic E-state index is 0.0312. The molecule has 2 aromatic carbocycles. The molecule has 0 aromatic heterocycles. The molecular weight excluding hydrogens is 274 g/mol. The molecule has 0 saturated heterocycles. The summed E-state index contributed by atoms with van der Waals surface area (Å²) in [5, 5.41) is 3.04. The lowest BCUT2D eigenvalue weighted by Crippen LogP contribution is -2.27. The summed E-state index contributed by atoms with van der Waals surface area (Å²) in [5.74, 6) is 0.906. The van der Waals surface area contributed by atoms with Gasteiger partial charge in [0.25, 0.3) is 0 Å². The first-order chi connectivity index (χ1) is 10.7. The van der Waals surface area contributed by atoms with E-state index in [-0.39, 0.29) is 11.9 Å². The van der Waals surface area contributed by atoms with Gasteiger partial charge in [-0.2, -0.15) is 0 Å². The van der Waals surface area contributed by atoms with E-state index in [1.165, 1.54) is 5.56 Å². The van der Waals surface area contributed by atoms with Crippen molar-refractivity contribution in [1.82, 2.24) is 5.32 Å². The molecule has 1 N–H and O–H groups in total. The Hall–Kier alpha value is -2.29. The highest BCUT2D eigenvalue weighted by Gasteiger charge is 2.10. The van der Waals surface area contributed by atoms with Gasteiger partial charge in [0.1, 0.15) is 5.75 Å². The van der Waals surface area contributed by atoms with Crippen molar-refractivity contribution in [2.24, 2.45) is 0 Å². The Labute approximate surface area is 132 Å². The molecule has 3 nitrogen and oxygen atoms in total. The first kappa shape index (κ1) is 16.1. The third-order valence-corrected chi connectivity index (χ3v) is 3.59. The van der Waals surface area contributed by atoms with E-state index in [1.807, 2.05) is 49.4 Å². The molecule has 0 aliphatic heterocycles. The van der Waals surface area contributed by atoms with Gasteiger partial charge in [0, 0.05) is 6.42 Å². The van der Waals surface area contributed by atoms with E-state index in [0.29, 0.717) is 19.4 Å². The van der Waals surface area contributed by atoms with Gasteiger partial charge >= 0.3 is 0 Å². The maximum Gasteiger partial charge on any atom is 0.220 e. The van der Waals surface area contributed by atoms with Gasteiger partial charge in [-0.05, 0) is 43.5 Å². The minimum Gasteiger partial charge on any atom is -0.494 e. The molecule has 1 atom stereocenters. The largest absolute Gasteiger partial charge is 0.494 e. The van der Waals surface area contributed by atoms with Gasteiger partial charge < -0.3 is 10.1 Å². The average Bonchev–Trinajstić information content (AvgIpc) is 2.53. The van der Waals surface area contributed by atoms with E-state index in [0.717, 1.165) is 11.3 Å². The monoisotopic (exact) mass is 297 g/mol. The summed E-state index contributed by atoms with van der Waals surface area (Å²) in [6.45, 7) is 4.63. The smallest absolute Gasteiger partial charge is 0.220 e. The van der Waals surface area contributed by atoms with Crippen LogP contribution in [-0.2, 0) is 4.79 Å². The fourth-order valence-electron chi connectivity index (χ4n) is 2.40. The van der Waals surface area contributed by atoms with Crippen LogP contribution in [0.3, 0.4) is 0 Å². The molecule has 2 aromatic rings. The Morgan fingerprint density at radius 3 is 2.50 bits per heavy atom. The van der Waals surface area contributed by atoms with E-state index in [4.69, 9.17) is 4.74 Å². The predicted octanol–water partition coefficient (Wildman–Crippen LogP) is 4.03. The van der Waals surface area contributed by atoms with Crippen LogP contribution in [-0.4, -0.2) is 12.5 Å². The van der Waals surface area contributed by atoms with Crippen LogP contribution in [0.15, 0.2) is 54.6 Å². The van der Waals surface area contributed by atoms with Crippen molar-refractivity contribution in [3.05, 3.63) is 65.7 Å². The van der Waals surface area contributed by atoms with Crippen LogP contribution in [0.1, 0.15) is 36.9 Å². The highest BCUT2D eigenvalue weighted by molar-refractivity contribution is 5.76. The van der Waals surface area contributed by atoms with Crippen LogP contribution < -0.4 is 10.1 Å². The summed E-state index contributed by atoms with van der Waals surface area (Å²) in [5.41, 5.74) is 2.36. The van der Waals surface area contributed by atoms with Crippen molar-refractivity contribution in [2.45, 2.75) is 32.7 Å². The summed E-state index contributed by atoms with van der Waals surface area (Å²) in [6, 6.07) is 17.8. The maximum atomic E-state index is 12.0. The van der Waals surface area contributed by atoms with Crippen LogP contribution in [0.25, 0.3) is 0 Å². The number of amides is 1. The molecule has 3 heteroatoms. The summed E-state index contributed by atoms with van der Waals surface area (Å²) >= 11 is 0. The third-order valence-electron chi connectivity index (χ3n) is 3.59. The first-order valence-corrected chi connectivity index (χ1v) is 7.69. The van der Waals surface area contributed by atoms with Crippen LogP contribution >= 0.6 is 0 Å². The van der Waals surface area contributed by atoms with Crippen LogP contribution in [0.2, 0.25) is 0 Å². The van der Waals surface area contributed by atoms with Crippen molar-refractivity contribution in [3.63, 3.8) is 0 Å². The van der Waals surface area contributed by atoms with Crippen LogP contribution in [0.5, 0.6) is 5.75 Å². The zero-order valence-electron chi connectivity index (χ0n) is 13.2. The van der Waals surface area contributed by atoms with Gasteiger partial charge in [-0.3, -0.25) is 4.79 Å². The molecule has 0 bridgehead atoms. The standard InChI is InChI=1S/C19H23NO2/c1-15-9-6-7-12-18(15)16(2)20-19(21)13-8-14-22-17-10-4-3-5-11-17/h3-7,9-12,16H,8,13-14H2,1-2H3,(H,20,21). The van der Waals surface area contributed by atoms with Gasteiger partial charge in [-0.1, -0.05) is 42.5 Å². The molecule has 1 amide bonds. The van der Waals surface area contributed by atoms with Gasteiger partial charge in [-0.15, -0.1) is 0 Å². The van der Waals surface area contributed by atoms with Crippen molar-refractivity contribution < 1.29 is 9.53 Å². The van der Waals surface area contributed by atoms with Crippen molar-refractivity contribution >= 4 is 5.91 Å². The number of carbonyl (C=O) groups is 1. The van der Waals surface area contributed by atoms with Gasteiger partial charge in [0.15, 0.2) is 0 Å². The number of aryl methyl sites for hydroxylation is 1. The number of nitrogens with one attached hydrogen (secondary N) is 1. The zero-order chi connectivity index (χ0) is 15.8. The topological polar surface area (TPSA) is 38.3 Å². The number of hydrogen-bond acceptors (Lipinski definition) is 2. The third kappa shape index (κ3) is 4.92. The number of ether oxygens (including phenoxy) is 1. The molecule has 2 rings (SSSR count). The first-order valence-electron chi connectivity index (χ1n) is 7.69. The number of rotatable bonds is 7. The highest BCUT2D eigenvalue weighted by atomic mass is 16.5. The molecule has 116 valence electrons. The molecule has 0 fully saturated rings. The summed E-state index contributed by atoms with van der Waals surface area (Å²) in [7, 11) is 0. The summed E-state index contributed by atoms with van der Waals surface area (Å²) in [6.07, 6.45) is 1.18. The minimum atomic E-state index is 0.0312. The van der Waals surface area contributed by atoms with E-state index in [2.05, 4.69) is 24.4 Å². The van der Waals surface area contributed by atoms with Gasteiger partial charge in [0.2, 0.25) is 5.91 Å². The number of carbonyl (C=O) groups excluding carboxylic acids is 1. The lowest BCUT2D eigenvalue weighted by molar-refractivity contribution is -0.121. The number of benzene rings is 2. The SMILES string of the molecule is Cc1ccccc1C(C)NC(=O)CCCOc1ccccc1. The lowest BCUT2D eigenvalue weighted by atomic mass is 10.0. The quantitative estimate of drug-likeness (QED) is 0.784. The normalized spacial score (nSPS) is 11.7. The van der Waals surface area contributed by atoms with E-state index in [9.17, 15) is 4.79 Å². The average molecular weight is 297 g/mol. The van der Waals surface area contributed by atoms with E-state index >= 15 is 0 Å². The fraction of sp³-hybridized carbons (Fsp3) is 0.316. The second-order valence-electron chi connectivity index (χ2n) is 5.41. The molecule has 1 unspecified atom stereocenters. The van der Waals surface area contributed by atoms with Crippen molar-refractivity contribution in [1.29, 1.82) is 0 Å². The Kier molecular flexibility index (Phi) is 6.01. The molecule has 0 saturated carbocycles. The Bertz CT molecular complexity index is 595. The molecule has 0 aliphatic rings. The number of para-hydroxylation sites is 1. The van der Waals surface area contributed by atoms with Crippen LogP contribution in [0.4, 0.5) is 0 Å². The Morgan fingerprint density at radius 1 is 1.09 bits per heavy atom. The van der Waals surface area contributed by atoms with Gasteiger partial charge in [0.05, 0.1) is 12.6 Å². The second kappa shape index (κ2) is 8.23. The lowest BCUT2D eigenvalue weighted by Gasteiger charge is -2.16. The fourth-order valence-corrected chi connectivity index (χ4v) is 2.40. The zero-order valence-corrected chi connectivity index (χ0v) is 13.2. The Balaban J connectivity index is 1.71. The summed E-state index contributed by atoms with van der Waals surface area (Å²) in [4.78, 5) is 12.0. The number of hydrogen-bond donors (Lipinski definition) is 1. The Morgan fingerprint density at radius 2 is 1.77 bits per heavy atom. The molecular formula is C19H23NO2. The molecule has 0 spiro atoms. The molecule has 0 heterocycles. The van der Waals surface area contributed by atoms with Gasteiger partial charge in [-0.25, -0.2) is 0 Å². The van der Waals surface area contributed by atoms with Crippen molar-refractivity contribution in [3.8, 4) is 5.75 Å². The van der Waals surface area contributed by atoms with E-state index < -0.39 is 0 Å².